The molecule has 0 fully saturated rings. The first-order valence-corrected chi connectivity index (χ1v) is 9.89. The van der Waals surface area contributed by atoms with Crippen LogP contribution in [0.5, 0.6) is 0 Å². The van der Waals surface area contributed by atoms with Gasteiger partial charge in [0.1, 0.15) is 0 Å². The maximum Gasteiger partial charge on any atom is 0.290 e. The number of nitro groups is 1. The average molecular weight is 438 g/mol. The van der Waals surface area contributed by atoms with Crippen molar-refractivity contribution in [2.75, 3.05) is 26.4 Å². The molecule has 1 amide bonds. The SMILES string of the molecule is O=C(C=Cc1ccccc1)C1=C(O)C(=O)N(CCOCCO)C1c1ccccc1[N+](=O)[O-]. The second-order valence-corrected chi connectivity index (χ2v) is 6.92. The van der Waals surface area contributed by atoms with E-state index in [0.29, 0.717) is 0 Å². The Morgan fingerprint density at radius 2 is 1.81 bits per heavy atom. The smallest absolute Gasteiger partial charge is 0.290 e. The molecule has 166 valence electrons. The van der Waals surface area contributed by atoms with Gasteiger partial charge in [-0.1, -0.05) is 48.5 Å². The number of nitrogens with zero attached hydrogens (tertiary/aromatic N) is 2. The van der Waals surface area contributed by atoms with Gasteiger partial charge in [-0.2, -0.15) is 0 Å². The minimum absolute atomic E-state index is 0.0119. The molecule has 1 aliphatic heterocycles. The zero-order valence-corrected chi connectivity index (χ0v) is 17.1. The highest BCUT2D eigenvalue weighted by Gasteiger charge is 2.44. The van der Waals surface area contributed by atoms with Gasteiger partial charge in [-0.25, -0.2) is 0 Å². The van der Waals surface area contributed by atoms with Crippen molar-refractivity contribution in [2.45, 2.75) is 6.04 Å². The van der Waals surface area contributed by atoms with E-state index in [-0.39, 0.29) is 43.2 Å². The van der Waals surface area contributed by atoms with Crippen LogP contribution in [0.1, 0.15) is 17.2 Å². The van der Waals surface area contributed by atoms with Crippen molar-refractivity contribution in [1.29, 1.82) is 0 Å². The lowest BCUT2D eigenvalue weighted by atomic mass is 9.94. The van der Waals surface area contributed by atoms with Crippen molar-refractivity contribution in [3.05, 3.63) is 93.2 Å². The zero-order chi connectivity index (χ0) is 23.1. The largest absolute Gasteiger partial charge is 0.503 e. The zero-order valence-electron chi connectivity index (χ0n) is 17.1. The number of carbonyl (C=O) groups excluding carboxylic acids is 2. The Kier molecular flexibility index (Phi) is 7.48. The summed E-state index contributed by atoms with van der Waals surface area (Å²) < 4.78 is 5.21. The lowest BCUT2D eigenvalue weighted by Gasteiger charge is -2.26. The van der Waals surface area contributed by atoms with Gasteiger partial charge < -0.3 is 19.8 Å². The minimum atomic E-state index is -1.16. The van der Waals surface area contributed by atoms with Gasteiger partial charge in [0.15, 0.2) is 11.5 Å². The van der Waals surface area contributed by atoms with Crippen LogP contribution in [0, 0.1) is 10.1 Å². The number of ketones is 1. The molecule has 0 saturated carbocycles. The van der Waals surface area contributed by atoms with Crippen LogP contribution in [-0.2, 0) is 14.3 Å². The number of amides is 1. The maximum absolute atomic E-state index is 13.0. The van der Waals surface area contributed by atoms with Crippen LogP contribution < -0.4 is 0 Å². The normalized spacial score (nSPS) is 16.2. The number of hydrogen-bond donors (Lipinski definition) is 2. The van der Waals surface area contributed by atoms with E-state index in [1.807, 2.05) is 6.07 Å². The first-order valence-electron chi connectivity index (χ1n) is 9.89. The Balaban J connectivity index is 2.01. The number of aliphatic hydroxyl groups is 2. The molecule has 32 heavy (non-hydrogen) atoms. The molecule has 1 atom stereocenters. The molecule has 0 aliphatic carbocycles. The summed E-state index contributed by atoms with van der Waals surface area (Å²) in [6, 6.07) is 13.6. The molecule has 3 rings (SSSR count). The van der Waals surface area contributed by atoms with E-state index in [0.717, 1.165) is 5.56 Å². The number of carbonyl (C=O) groups is 2. The van der Waals surface area contributed by atoms with Crippen LogP contribution >= 0.6 is 0 Å². The molecule has 9 heteroatoms. The summed E-state index contributed by atoms with van der Waals surface area (Å²) >= 11 is 0. The number of nitro benzene ring substituents is 1. The van der Waals surface area contributed by atoms with Gasteiger partial charge in [0, 0.05) is 12.6 Å². The van der Waals surface area contributed by atoms with Crippen LogP contribution in [0.25, 0.3) is 6.08 Å². The molecule has 0 aromatic heterocycles. The Hall–Kier alpha value is -3.82. The predicted molar refractivity (Wildman–Crippen MR) is 116 cm³/mol. The molecule has 0 saturated heterocycles. The van der Waals surface area contributed by atoms with E-state index < -0.39 is 28.4 Å². The summed E-state index contributed by atoms with van der Waals surface area (Å²) in [7, 11) is 0. The summed E-state index contributed by atoms with van der Waals surface area (Å²) in [5.74, 6) is -2.21. The van der Waals surface area contributed by atoms with Crippen molar-refractivity contribution in [1.82, 2.24) is 4.90 Å². The van der Waals surface area contributed by atoms with E-state index in [2.05, 4.69) is 0 Å². The van der Waals surface area contributed by atoms with Gasteiger partial charge >= 0.3 is 0 Å². The van der Waals surface area contributed by atoms with Gasteiger partial charge in [-0.3, -0.25) is 19.7 Å². The molecular weight excluding hydrogens is 416 g/mol. The van der Waals surface area contributed by atoms with E-state index >= 15 is 0 Å². The Bertz CT molecular complexity index is 1060. The molecule has 2 aromatic rings. The molecule has 0 radical (unpaired) electrons. The molecule has 2 N–H and O–H groups in total. The summed E-state index contributed by atoms with van der Waals surface area (Å²) in [4.78, 5) is 38.0. The number of allylic oxidation sites excluding steroid dienone is 1. The third kappa shape index (κ3) is 4.90. The highest BCUT2D eigenvalue weighted by atomic mass is 16.6. The second kappa shape index (κ2) is 10.5. The minimum Gasteiger partial charge on any atom is -0.503 e. The van der Waals surface area contributed by atoms with Gasteiger partial charge in [0.05, 0.1) is 41.9 Å². The quantitative estimate of drug-likeness (QED) is 0.252. The van der Waals surface area contributed by atoms with Crippen molar-refractivity contribution in [3.63, 3.8) is 0 Å². The Morgan fingerprint density at radius 1 is 1.12 bits per heavy atom. The van der Waals surface area contributed by atoms with Crippen LogP contribution in [0.3, 0.4) is 0 Å². The molecular formula is C23H22N2O7. The van der Waals surface area contributed by atoms with Crippen LogP contribution in [0.4, 0.5) is 5.69 Å². The predicted octanol–water partition coefficient (Wildman–Crippen LogP) is 2.58. The highest BCUT2D eigenvalue weighted by Crippen LogP contribution is 2.41. The number of benzene rings is 2. The lowest BCUT2D eigenvalue weighted by molar-refractivity contribution is -0.385. The van der Waals surface area contributed by atoms with Gasteiger partial charge in [0.25, 0.3) is 11.6 Å². The Labute approximate surface area is 184 Å². The van der Waals surface area contributed by atoms with Crippen molar-refractivity contribution in [2.24, 2.45) is 0 Å². The standard InChI is InChI=1S/C23H22N2O7/c26-13-15-32-14-12-24-21(17-8-4-5-9-18(17)25(30)31)20(22(28)23(24)29)19(27)11-10-16-6-2-1-3-7-16/h1-11,21,26,28H,12-15H2. The van der Waals surface area contributed by atoms with Gasteiger partial charge in [-0.15, -0.1) is 0 Å². The summed E-state index contributed by atoms with van der Waals surface area (Å²) in [5.41, 5.74) is 0.326. The van der Waals surface area contributed by atoms with Gasteiger partial charge in [0.2, 0.25) is 0 Å². The molecule has 0 bridgehead atoms. The van der Waals surface area contributed by atoms with Crippen molar-refractivity contribution in [3.8, 4) is 0 Å². The second-order valence-electron chi connectivity index (χ2n) is 6.92. The summed E-state index contributed by atoms with van der Waals surface area (Å²) in [6.07, 6.45) is 2.76. The lowest BCUT2D eigenvalue weighted by Crippen LogP contribution is -2.34. The maximum atomic E-state index is 13.0. The Morgan fingerprint density at radius 3 is 2.50 bits per heavy atom. The van der Waals surface area contributed by atoms with Crippen LogP contribution in [-0.4, -0.2) is 58.1 Å². The fourth-order valence-electron chi connectivity index (χ4n) is 3.50. The molecule has 9 nitrogen and oxygen atoms in total. The van der Waals surface area contributed by atoms with Crippen molar-refractivity contribution < 1.29 is 29.5 Å². The average Bonchev–Trinajstić information content (AvgIpc) is 3.05. The number of ether oxygens (including phenoxy) is 1. The van der Waals surface area contributed by atoms with Crippen LogP contribution in [0.2, 0.25) is 0 Å². The first-order chi connectivity index (χ1) is 15.5. The molecule has 1 aliphatic rings. The number of para-hydroxylation sites is 1. The molecule has 0 spiro atoms. The van der Waals surface area contributed by atoms with Gasteiger partial charge in [-0.05, 0) is 17.7 Å². The van der Waals surface area contributed by atoms with Crippen molar-refractivity contribution >= 4 is 23.5 Å². The fourth-order valence-corrected chi connectivity index (χ4v) is 3.50. The van der Waals surface area contributed by atoms with E-state index in [1.165, 1.54) is 35.3 Å². The van der Waals surface area contributed by atoms with E-state index in [4.69, 9.17) is 9.84 Å². The topological polar surface area (TPSA) is 130 Å². The molecule has 1 unspecified atom stereocenters. The third-order valence-corrected chi connectivity index (χ3v) is 4.94. The molecule has 1 heterocycles. The van der Waals surface area contributed by atoms with E-state index in [9.17, 15) is 24.8 Å². The van der Waals surface area contributed by atoms with E-state index in [1.54, 1.807) is 30.3 Å². The van der Waals surface area contributed by atoms with Crippen LogP contribution in [0.15, 0.2) is 72.0 Å². The first kappa shape index (κ1) is 22.9. The molecule has 2 aromatic carbocycles. The number of aliphatic hydroxyl groups excluding tert-OH is 2. The summed E-state index contributed by atoms with van der Waals surface area (Å²) in [6.45, 7) is -0.195. The monoisotopic (exact) mass is 438 g/mol. The highest BCUT2D eigenvalue weighted by molar-refractivity contribution is 6.14. The third-order valence-electron chi connectivity index (χ3n) is 4.94. The number of hydrogen-bond acceptors (Lipinski definition) is 7. The summed E-state index contributed by atoms with van der Waals surface area (Å²) in [5, 5.41) is 31.0. The number of rotatable bonds is 10. The fraction of sp³-hybridized carbons (Fsp3) is 0.217.